The number of rotatable bonds is 7. The summed E-state index contributed by atoms with van der Waals surface area (Å²) in [5.41, 5.74) is 0.958. The van der Waals surface area contributed by atoms with Crippen LogP contribution in [0.15, 0.2) is 30.3 Å². The zero-order chi connectivity index (χ0) is 15.0. The standard InChI is InChI=1S/C16H25NO3/c1-16(2,3)14(15(18)19-4)17-10-11-20-12-13-8-6-5-7-9-13/h5-9,14,17H,10-12H2,1-4H3. The van der Waals surface area contributed by atoms with Gasteiger partial charge in [-0.2, -0.15) is 0 Å². The van der Waals surface area contributed by atoms with Gasteiger partial charge in [-0.15, -0.1) is 0 Å². The molecular weight excluding hydrogens is 254 g/mol. The summed E-state index contributed by atoms with van der Waals surface area (Å²) >= 11 is 0. The van der Waals surface area contributed by atoms with Crippen molar-refractivity contribution >= 4 is 5.97 Å². The van der Waals surface area contributed by atoms with E-state index in [2.05, 4.69) is 5.32 Å². The first-order valence-corrected chi connectivity index (χ1v) is 6.88. The van der Waals surface area contributed by atoms with Gasteiger partial charge in [0.05, 0.1) is 20.3 Å². The van der Waals surface area contributed by atoms with E-state index in [0.717, 1.165) is 5.56 Å². The molecular formula is C16H25NO3. The van der Waals surface area contributed by atoms with Crippen LogP contribution in [0.4, 0.5) is 0 Å². The quantitative estimate of drug-likeness (QED) is 0.615. The molecule has 0 heterocycles. The summed E-state index contributed by atoms with van der Waals surface area (Å²) in [6, 6.07) is 9.69. The Morgan fingerprint density at radius 3 is 2.45 bits per heavy atom. The molecule has 0 amide bonds. The number of methoxy groups -OCH3 is 1. The molecule has 0 fully saturated rings. The Labute approximate surface area is 121 Å². The molecule has 0 aliphatic heterocycles. The number of ether oxygens (including phenoxy) is 2. The molecule has 1 atom stereocenters. The van der Waals surface area contributed by atoms with Crippen LogP contribution < -0.4 is 5.32 Å². The third kappa shape index (κ3) is 5.72. The predicted molar refractivity (Wildman–Crippen MR) is 79.4 cm³/mol. The molecule has 0 bridgehead atoms. The molecule has 20 heavy (non-hydrogen) atoms. The van der Waals surface area contributed by atoms with Gasteiger partial charge in [-0.3, -0.25) is 4.79 Å². The third-order valence-corrected chi connectivity index (χ3v) is 3.01. The van der Waals surface area contributed by atoms with Crippen LogP contribution in [-0.2, 0) is 20.9 Å². The van der Waals surface area contributed by atoms with Crippen LogP contribution in [0.2, 0.25) is 0 Å². The minimum absolute atomic E-state index is 0.188. The first-order valence-electron chi connectivity index (χ1n) is 6.88. The summed E-state index contributed by atoms with van der Waals surface area (Å²) in [7, 11) is 1.41. The maximum Gasteiger partial charge on any atom is 0.323 e. The minimum Gasteiger partial charge on any atom is -0.468 e. The Hall–Kier alpha value is -1.39. The molecule has 4 nitrogen and oxygen atoms in total. The van der Waals surface area contributed by atoms with E-state index >= 15 is 0 Å². The van der Waals surface area contributed by atoms with E-state index in [0.29, 0.717) is 19.8 Å². The largest absolute Gasteiger partial charge is 0.468 e. The lowest BCUT2D eigenvalue weighted by Crippen LogP contribution is -2.48. The van der Waals surface area contributed by atoms with Gasteiger partial charge in [0, 0.05) is 6.54 Å². The third-order valence-electron chi connectivity index (χ3n) is 3.01. The van der Waals surface area contributed by atoms with E-state index in [9.17, 15) is 4.79 Å². The van der Waals surface area contributed by atoms with Crippen molar-refractivity contribution in [1.82, 2.24) is 5.32 Å². The lowest BCUT2D eigenvalue weighted by atomic mass is 9.87. The van der Waals surface area contributed by atoms with Crippen LogP contribution in [0.1, 0.15) is 26.3 Å². The van der Waals surface area contributed by atoms with Crippen molar-refractivity contribution in [3.8, 4) is 0 Å². The molecule has 1 N–H and O–H groups in total. The van der Waals surface area contributed by atoms with Crippen molar-refractivity contribution < 1.29 is 14.3 Å². The highest BCUT2D eigenvalue weighted by atomic mass is 16.5. The monoisotopic (exact) mass is 279 g/mol. The van der Waals surface area contributed by atoms with Gasteiger partial charge in [-0.25, -0.2) is 0 Å². The first kappa shape index (κ1) is 16.7. The second-order valence-corrected chi connectivity index (χ2v) is 5.81. The fraction of sp³-hybridized carbons (Fsp3) is 0.562. The number of benzene rings is 1. The van der Waals surface area contributed by atoms with Crippen LogP contribution in [0.5, 0.6) is 0 Å². The molecule has 0 saturated carbocycles. The van der Waals surface area contributed by atoms with Crippen molar-refractivity contribution in [3.05, 3.63) is 35.9 Å². The Morgan fingerprint density at radius 2 is 1.90 bits per heavy atom. The van der Waals surface area contributed by atoms with Gasteiger partial charge in [-0.1, -0.05) is 51.1 Å². The average molecular weight is 279 g/mol. The SMILES string of the molecule is COC(=O)C(NCCOCc1ccccc1)C(C)(C)C. The van der Waals surface area contributed by atoms with Crippen molar-refractivity contribution in [1.29, 1.82) is 0 Å². The summed E-state index contributed by atoms with van der Waals surface area (Å²) in [5.74, 6) is -0.236. The van der Waals surface area contributed by atoms with Crippen LogP contribution in [0.3, 0.4) is 0 Å². The molecule has 1 rings (SSSR count). The Morgan fingerprint density at radius 1 is 1.25 bits per heavy atom. The molecule has 1 aromatic rings. The van der Waals surface area contributed by atoms with Gasteiger partial charge in [-0.05, 0) is 11.0 Å². The summed E-state index contributed by atoms with van der Waals surface area (Å²) < 4.78 is 10.4. The molecule has 0 aliphatic rings. The maximum atomic E-state index is 11.7. The van der Waals surface area contributed by atoms with E-state index in [1.807, 2.05) is 51.1 Å². The Balaban J connectivity index is 2.29. The summed E-state index contributed by atoms with van der Waals surface area (Å²) in [4.78, 5) is 11.7. The number of carbonyl (C=O) groups excluding carboxylic acids is 1. The number of hydrogen-bond acceptors (Lipinski definition) is 4. The number of nitrogens with one attached hydrogen (secondary N) is 1. The van der Waals surface area contributed by atoms with Crippen molar-refractivity contribution in [2.75, 3.05) is 20.3 Å². The number of carbonyl (C=O) groups is 1. The fourth-order valence-corrected chi connectivity index (χ4v) is 1.90. The highest BCUT2D eigenvalue weighted by Gasteiger charge is 2.31. The summed E-state index contributed by atoms with van der Waals surface area (Å²) in [5, 5.41) is 3.20. The zero-order valence-corrected chi connectivity index (χ0v) is 12.8. The summed E-state index contributed by atoms with van der Waals surface area (Å²) in [6.07, 6.45) is 0. The van der Waals surface area contributed by atoms with Gasteiger partial charge in [0.25, 0.3) is 0 Å². The van der Waals surface area contributed by atoms with E-state index in [4.69, 9.17) is 9.47 Å². The lowest BCUT2D eigenvalue weighted by Gasteiger charge is -2.29. The molecule has 0 saturated heterocycles. The predicted octanol–water partition coefficient (Wildman–Crippen LogP) is 2.38. The molecule has 4 heteroatoms. The molecule has 0 spiro atoms. The van der Waals surface area contributed by atoms with E-state index < -0.39 is 0 Å². The van der Waals surface area contributed by atoms with Gasteiger partial charge in [0.1, 0.15) is 6.04 Å². The van der Waals surface area contributed by atoms with Crippen molar-refractivity contribution in [2.45, 2.75) is 33.4 Å². The minimum atomic E-state index is -0.326. The molecule has 0 aromatic heterocycles. The first-order chi connectivity index (χ1) is 9.45. The summed E-state index contributed by atoms with van der Waals surface area (Å²) in [6.45, 7) is 7.77. The van der Waals surface area contributed by atoms with Crippen molar-refractivity contribution in [2.24, 2.45) is 5.41 Å². The van der Waals surface area contributed by atoms with E-state index in [1.54, 1.807) is 0 Å². The van der Waals surface area contributed by atoms with Crippen LogP contribution in [0, 0.1) is 5.41 Å². The molecule has 0 aliphatic carbocycles. The molecule has 1 aromatic carbocycles. The lowest BCUT2D eigenvalue weighted by molar-refractivity contribution is -0.146. The molecule has 1 unspecified atom stereocenters. The van der Waals surface area contributed by atoms with Gasteiger partial charge in [0.15, 0.2) is 0 Å². The molecule has 112 valence electrons. The molecule has 0 radical (unpaired) electrons. The smallest absolute Gasteiger partial charge is 0.323 e. The van der Waals surface area contributed by atoms with Crippen LogP contribution in [-0.4, -0.2) is 32.3 Å². The average Bonchev–Trinajstić information content (AvgIpc) is 2.41. The highest BCUT2D eigenvalue weighted by molar-refractivity contribution is 5.76. The van der Waals surface area contributed by atoms with Gasteiger partial charge >= 0.3 is 5.97 Å². The van der Waals surface area contributed by atoms with Crippen LogP contribution >= 0.6 is 0 Å². The number of esters is 1. The topological polar surface area (TPSA) is 47.6 Å². The Kier molecular flexibility index (Phi) is 6.68. The fourth-order valence-electron chi connectivity index (χ4n) is 1.90. The zero-order valence-electron chi connectivity index (χ0n) is 12.8. The van der Waals surface area contributed by atoms with E-state index in [-0.39, 0.29) is 17.4 Å². The van der Waals surface area contributed by atoms with Crippen molar-refractivity contribution in [3.63, 3.8) is 0 Å². The highest BCUT2D eigenvalue weighted by Crippen LogP contribution is 2.20. The second-order valence-electron chi connectivity index (χ2n) is 5.81. The van der Waals surface area contributed by atoms with Gasteiger partial charge < -0.3 is 14.8 Å². The maximum absolute atomic E-state index is 11.7. The van der Waals surface area contributed by atoms with Crippen LogP contribution in [0.25, 0.3) is 0 Å². The van der Waals surface area contributed by atoms with Gasteiger partial charge in [0.2, 0.25) is 0 Å². The van der Waals surface area contributed by atoms with E-state index in [1.165, 1.54) is 7.11 Å². The number of hydrogen-bond donors (Lipinski definition) is 1. The second kappa shape index (κ2) is 8.02. The normalized spacial score (nSPS) is 13.0. The Bertz CT molecular complexity index is 398.